The summed E-state index contributed by atoms with van der Waals surface area (Å²) >= 11 is 1.66. The first-order chi connectivity index (χ1) is 7.27. The van der Waals surface area contributed by atoms with Crippen LogP contribution >= 0.6 is 11.8 Å². The van der Waals surface area contributed by atoms with Gasteiger partial charge >= 0.3 is 0 Å². The Kier molecular flexibility index (Phi) is 1.85. The number of thioether (sulfide) groups is 1. The normalized spacial score (nSPS) is 14.5. The number of pyridine rings is 1. The lowest BCUT2D eigenvalue weighted by molar-refractivity contribution is 0.639. The van der Waals surface area contributed by atoms with Crippen LogP contribution in [-0.2, 0) is 6.42 Å². The second-order valence-corrected chi connectivity index (χ2v) is 4.64. The predicted octanol–water partition coefficient (Wildman–Crippen LogP) is 2.60. The van der Waals surface area contributed by atoms with Gasteiger partial charge in [-0.1, -0.05) is 6.07 Å². The molecule has 1 aromatic carbocycles. The molecule has 2 aromatic rings. The Labute approximate surface area is 90.7 Å². The van der Waals surface area contributed by atoms with Crippen LogP contribution in [0.2, 0.25) is 0 Å². The van der Waals surface area contributed by atoms with Crippen LogP contribution in [-0.4, -0.2) is 10.7 Å². The Morgan fingerprint density at radius 1 is 1.40 bits per heavy atom. The molecule has 0 spiro atoms. The summed E-state index contributed by atoms with van der Waals surface area (Å²) in [6.07, 6.45) is 0.927. The number of rotatable bonds is 0. The van der Waals surface area contributed by atoms with Crippen LogP contribution in [0.1, 0.15) is 5.69 Å². The Morgan fingerprint density at radius 3 is 3.13 bits per heavy atom. The van der Waals surface area contributed by atoms with Gasteiger partial charge in [0.15, 0.2) is 0 Å². The Bertz CT molecular complexity index is 554. The van der Waals surface area contributed by atoms with E-state index in [-0.39, 0.29) is 5.82 Å². The van der Waals surface area contributed by atoms with Gasteiger partial charge in [-0.25, -0.2) is 4.39 Å². The monoisotopic (exact) mass is 220 g/mol. The number of nitrogen functional groups attached to an aromatic ring is 1. The lowest BCUT2D eigenvalue weighted by atomic mass is 10.1. The molecule has 0 saturated carbocycles. The summed E-state index contributed by atoms with van der Waals surface area (Å²) in [4.78, 5) is 5.40. The summed E-state index contributed by atoms with van der Waals surface area (Å²) in [7, 11) is 0. The van der Waals surface area contributed by atoms with Crippen LogP contribution < -0.4 is 5.73 Å². The fourth-order valence-corrected chi connectivity index (χ4v) is 2.99. The highest BCUT2D eigenvalue weighted by molar-refractivity contribution is 7.99. The minimum Gasteiger partial charge on any atom is -0.397 e. The van der Waals surface area contributed by atoms with Gasteiger partial charge in [-0.05, 0) is 12.1 Å². The molecule has 0 aliphatic carbocycles. The summed E-state index contributed by atoms with van der Waals surface area (Å²) in [5.74, 6) is 0.706. The molecule has 0 saturated heterocycles. The maximum absolute atomic E-state index is 13.6. The van der Waals surface area contributed by atoms with E-state index in [1.165, 1.54) is 6.07 Å². The van der Waals surface area contributed by atoms with Crippen LogP contribution in [0.15, 0.2) is 23.1 Å². The van der Waals surface area contributed by atoms with E-state index in [0.717, 1.165) is 22.8 Å². The highest BCUT2D eigenvalue weighted by Crippen LogP contribution is 2.39. The second kappa shape index (κ2) is 3.10. The quantitative estimate of drug-likeness (QED) is 0.741. The number of fused-ring (bicyclic) bond motifs is 2. The van der Waals surface area contributed by atoms with Crippen molar-refractivity contribution in [2.45, 2.75) is 11.3 Å². The molecular weight excluding hydrogens is 211 g/mol. The number of aryl methyl sites for hydroxylation is 1. The molecule has 3 rings (SSSR count). The summed E-state index contributed by atoms with van der Waals surface area (Å²) in [6, 6.07) is 4.89. The van der Waals surface area contributed by atoms with E-state index in [0.29, 0.717) is 16.6 Å². The third-order valence-electron chi connectivity index (χ3n) is 2.61. The third kappa shape index (κ3) is 1.21. The summed E-state index contributed by atoms with van der Waals surface area (Å²) < 4.78 is 13.6. The molecule has 0 atom stereocenters. The van der Waals surface area contributed by atoms with E-state index in [2.05, 4.69) is 4.98 Å². The van der Waals surface area contributed by atoms with Crippen molar-refractivity contribution in [1.82, 2.24) is 4.98 Å². The van der Waals surface area contributed by atoms with Gasteiger partial charge in [0.05, 0.1) is 27.2 Å². The molecule has 76 valence electrons. The van der Waals surface area contributed by atoms with Crippen molar-refractivity contribution in [1.29, 1.82) is 0 Å². The first kappa shape index (κ1) is 8.97. The van der Waals surface area contributed by atoms with Gasteiger partial charge in [0.25, 0.3) is 0 Å². The van der Waals surface area contributed by atoms with Crippen molar-refractivity contribution in [2.24, 2.45) is 0 Å². The molecule has 2 heterocycles. The van der Waals surface area contributed by atoms with Gasteiger partial charge in [-0.3, -0.25) is 4.98 Å². The standard InChI is InChI=1S/C11H9FN2S/c12-6-2-1-3-7-9(6)10(13)11-8(14-7)4-5-15-11/h1-3H,4-5H2,(H2,13,14). The number of hydrogen-bond donors (Lipinski definition) is 1. The molecule has 0 bridgehead atoms. The van der Waals surface area contributed by atoms with Crippen molar-refractivity contribution < 1.29 is 4.39 Å². The Hall–Kier alpha value is -1.29. The number of halogens is 1. The number of nitrogens with zero attached hydrogens (tertiary/aromatic N) is 1. The molecule has 0 unspecified atom stereocenters. The van der Waals surface area contributed by atoms with Crippen molar-refractivity contribution in [2.75, 3.05) is 11.5 Å². The lowest BCUT2D eigenvalue weighted by Crippen LogP contribution is -1.97. The van der Waals surface area contributed by atoms with Gasteiger partial charge in [-0.2, -0.15) is 0 Å². The highest BCUT2D eigenvalue weighted by atomic mass is 32.2. The molecule has 1 aliphatic rings. The van der Waals surface area contributed by atoms with Crippen molar-refractivity contribution in [3.63, 3.8) is 0 Å². The Morgan fingerprint density at radius 2 is 2.27 bits per heavy atom. The molecule has 2 N–H and O–H groups in total. The fourth-order valence-electron chi connectivity index (χ4n) is 1.92. The van der Waals surface area contributed by atoms with E-state index in [1.54, 1.807) is 23.9 Å². The molecule has 4 heteroatoms. The third-order valence-corrected chi connectivity index (χ3v) is 3.76. The van der Waals surface area contributed by atoms with Crippen molar-refractivity contribution >= 4 is 28.4 Å². The SMILES string of the molecule is Nc1c2c(nc3cccc(F)c13)CCS2. The predicted molar refractivity (Wildman–Crippen MR) is 60.5 cm³/mol. The zero-order chi connectivity index (χ0) is 10.4. The summed E-state index contributed by atoms with van der Waals surface area (Å²) in [6.45, 7) is 0. The van der Waals surface area contributed by atoms with E-state index in [4.69, 9.17) is 5.73 Å². The van der Waals surface area contributed by atoms with Gasteiger partial charge < -0.3 is 5.73 Å². The zero-order valence-corrected chi connectivity index (χ0v) is 8.77. The maximum atomic E-state index is 13.6. The minimum absolute atomic E-state index is 0.284. The van der Waals surface area contributed by atoms with Gasteiger partial charge in [0.2, 0.25) is 0 Å². The number of benzene rings is 1. The molecular formula is C11H9FN2S. The smallest absolute Gasteiger partial charge is 0.134 e. The van der Waals surface area contributed by atoms with E-state index in [1.807, 2.05) is 0 Å². The highest BCUT2D eigenvalue weighted by Gasteiger charge is 2.19. The van der Waals surface area contributed by atoms with E-state index < -0.39 is 0 Å². The summed E-state index contributed by atoms with van der Waals surface area (Å²) in [5, 5.41) is 0.464. The molecule has 1 aromatic heterocycles. The van der Waals surface area contributed by atoms with Crippen LogP contribution in [0.3, 0.4) is 0 Å². The molecule has 0 amide bonds. The van der Waals surface area contributed by atoms with Crippen LogP contribution in [0.25, 0.3) is 10.9 Å². The zero-order valence-electron chi connectivity index (χ0n) is 7.96. The van der Waals surface area contributed by atoms with E-state index in [9.17, 15) is 4.39 Å². The van der Waals surface area contributed by atoms with Crippen molar-refractivity contribution in [3.05, 3.63) is 29.7 Å². The first-order valence-corrected chi connectivity index (χ1v) is 5.75. The van der Waals surface area contributed by atoms with E-state index >= 15 is 0 Å². The van der Waals surface area contributed by atoms with Crippen LogP contribution in [0.4, 0.5) is 10.1 Å². The molecule has 0 fully saturated rings. The van der Waals surface area contributed by atoms with Gasteiger partial charge in [-0.15, -0.1) is 11.8 Å². The van der Waals surface area contributed by atoms with Crippen LogP contribution in [0, 0.1) is 5.82 Å². The lowest BCUT2D eigenvalue weighted by Gasteiger charge is -2.07. The molecule has 2 nitrogen and oxygen atoms in total. The summed E-state index contributed by atoms with van der Waals surface area (Å²) in [5.41, 5.74) is 8.19. The van der Waals surface area contributed by atoms with Crippen molar-refractivity contribution in [3.8, 4) is 0 Å². The number of aromatic nitrogens is 1. The largest absolute Gasteiger partial charge is 0.397 e. The number of anilines is 1. The van der Waals surface area contributed by atoms with Crippen LogP contribution in [0.5, 0.6) is 0 Å². The molecule has 15 heavy (non-hydrogen) atoms. The minimum atomic E-state index is -0.284. The molecule has 1 aliphatic heterocycles. The number of hydrogen-bond acceptors (Lipinski definition) is 3. The number of nitrogens with two attached hydrogens (primary N) is 1. The molecule has 0 radical (unpaired) electrons. The Balaban J connectivity index is 2.47. The van der Waals surface area contributed by atoms with Gasteiger partial charge in [0.1, 0.15) is 5.82 Å². The second-order valence-electron chi connectivity index (χ2n) is 3.53. The topological polar surface area (TPSA) is 38.9 Å². The van der Waals surface area contributed by atoms with Gasteiger partial charge in [0, 0.05) is 12.2 Å². The first-order valence-electron chi connectivity index (χ1n) is 4.77. The fraction of sp³-hybridized carbons (Fsp3) is 0.182. The maximum Gasteiger partial charge on any atom is 0.134 e. The average Bonchev–Trinajstić information content (AvgIpc) is 2.66. The average molecular weight is 220 g/mol.